The van der Waals surface area contributed by atoms with Gasteiger partial charge in [-0.3, -0.25) is 14.4 Å². The van der Waals surface area contributed by atoms with Gasteiger partial charge in [-0.15, -0.1) is 0 Å². The Morgan fingerprint density at radius 3 is 2.52 bits per heavy atom. The molecule has 0 aliphatic rings. The Labute approximate surface area is 146 Å². The number of aliphatic carboxylic acids is 1. The zero-order chi connectivity index (χ0) is 18.2. The highest BCUT2D eigenvalue weighted by Crippen LogP contribution is 2.18. The normalized spacial score (nSPS) is 11.7. The maximum absolute atomic E-state index is 12.1. The lowest BCUT2D eigenvalue weighted by molar-refractivity contribution is -0.137. The van der Waals surface area contributed by atoms with E-state index in [-0.39, 0.29) is 37.2 Å². The Bertz CT molecular complexity index is 768. The van der Waals surface area contributed by atoms with Crippen LogP contribution in [0.4, 0.5) is 0 Å². The maximum Gasteiger partial charge on any atom is 0.303 e. The third-order valence-corrected chi connectivity index (χ3v) is 3.88. The summed E-state index contributed by atoms with van der Waals surface area (Å²) in [6, 6.07) is 13.4. The molecule has 0 bridgehead atoms. The van der Waals surface area contributed by atoms with Crippen molar-refractivity contribution in [2.24, 2.45) is 0 Å². The molecule has 0 fully saturated rings. The fraction of sp³-hybridized carbons (Fsp3) is 0.316. The van der Waals surface area contributed by atoms with E-state index in [1.165, 1.54) is 0 Å². The van der Waals surface area contributed by atoms with Crippen molar-refractivity contribution in [1.82, 2.24) is 10.6 Å². The van der Waals surface area contributed by atoms with Gasteiger partial charge in [0.1, 0.15) is 0 Å². The number of amides is 2. The molecule has 25 heavy (non-hydrogen) atoms. The molecule has 2 rings (SSSR count). The molecule has 1 atom stereocenters. The van der Waals surface area contributed by atoms with E-state index in [0.29, 0.717) is 6.42 Å². The van der Waals surface area contributed by atoms with Crippen molar-refractivity contribution in [3.63, 3.8) is 0 Å². The van der Waals surface area contributed by atoms with Crippen LogP contribution in [0, 0.1) is 0 Å². The van der Waals surface area contributed by atoms with E-state index in [9.17, 15) is 14.4 Å². The van der Waals surface area contributed by atoms with Crippen molar-refractivity contribution >= 4 is 28.6 Å². The molecular weight excluding hydrogens is 320 g/mol. The van der Waals surface area contributed by atoms with Crippen molar-refractivity contribution < 1.29 is 19.5 Å². The monoisotopic (exact) mass is 342 g/mol. The van der Waals surface area contributed by atoms with Crippen LogP contribution in [0.15, 0.2) is 42.5 Å². The number of benzene rings is 2. The van der Waals surface area contributed by atoms with Gasteiger partial charge < -0.3 is 15.7 Å². The second kappa shape index (κ2) is 8.82. The smallest absolute Gasteiger partial charge is 0.303 e. The van der Waals surface area contributed by atoms with Crippen LogP contribution in [0.1, 0.15) is 25.3 Å². The molecule has 0 aromatic heterocycles. The van der Waals surface area contributed by atoms with E-state index in [4.69, 9.17) is 5.11 Å². The van der Waals surface area contributed by atoms with E-state index in [0.717, 1.165) is 16.3 Å². The number of nitrogens with one attached hydrogen (secondary N) is 2. The Kier molecular flexibility index (Phi) is 6.51. The van der Waals surface area contributed by atoms with Crippen LogP contribution in [0.3, 0.4) is 0 Å². The average Bonchev–Trinajstić information content (AvgIpc) is 2.58. The number of carbonyl (C=O) groups is 3. The first kappa shape index (κ1) is 18.4. The SMILES string of the molecule is CC(CCC(=O)O)NC(=O)CNC(=O)Cc1cccc2ccccc12. The van der Waals surface area contributed by atoms with E-state index >= 15 is 0 Å². The minimum Gasteiger partial charge on any atom is -0.481 e. The van der Waals surface area contributed by atoms with Gasteiger partial charge in [-0.2, -0.15) is 0 Å². The van der Waals surface area contributed by atoms with Crippen LogP contribution in [0.5, 0.6) is 0 Å². The second-order valence-corrected chi connectivity index (χ2v) is 5.99. The third-order valence-electron chi connectivity index (χ3n) is 3.88. The number of rotatable bonds is 8. The van der Waals surface area contributed by atoms with Crippen LogP contribution in [-0.2, 0) is 20.8 Å². The van der Waals surface area contributed by atoms with E-state index in [1.807, 2.05) is 42.5 Å². The second-order valence-electron chi connectivity index (χ2n) is 5.99. The van der Waals surface area contributed by atoms with Gasteiger partial charge in [-0.25, -0.2) is 0 Å². The predicted molar refractivity (Wildman–Crippen MR) is 95.1 cm³/mol. The predicted octanol–water partition coefficient (Wildman–Crippen LogP) is 1.87. The fourth-order valence-corrected chi connectivity index (χ4v) is 2.60. The zero-order valence-corrected chi connectivity index (χ0v) is 14.1. The molecule has 6 nitrogen and oxygen atoms in total. The molecular formula is C19H22N2O4. The molecule has 0 aliphatic heterocycles. The number of hydrogen-bond donors (Lipinski definition) is 3. The summed E-state index contributed by atoms with van der Waals surface area (Å²) in [7, 11) is 0. The Morgan fingerprint density at radius 1 is 1.04 bits per heavy atom. The molecule has 2 aromatic carbocycles. The Hall–Kier alpha value is -2.89. The van der Waals surface area contributed by atoms with Crippen LogP contribution in [-0.4, -0.2) is 35.5 Å². The minimum absolute atomic E-state index is 0.00507. The molecule has 3 N–H and O–H groups in total. The third kappa shape index (κ3) is 5.91. The number of carbonyl (C=O) groups excluding carboxylic acids is 2. The quantitative estimate of drug-likeness (QED) is 0.682. The molecule has 2 amide bonds. The first-order valence-corrected chi connectivity index (χ1v) is 8.20. The molecule has 0 saturated heterocycles. The van der Waals surface area contributed by atoms with Crippen molar-refractivity contribution in [3.05, 3.63) is 48.0 Å². The molecule has 0 radical (unpaired) electrons. The molecule has 0 heterocycles. The molecule has 132 valence electrons. The van der Waals surface area contributed by atoms with E-state index in [2.05, 4.69) is 10.6 Å². The first-order chi connectivity index (χ1) is 12.0. The summed E-state index contributed by atoms with van der Waals surface area (Å²) in [5.41, 5.74) is 0.908. The topological polar surface area (TPSA) is 95.5 Å². The summed E-state index contributed by atoms with van der Waals surface area (Å²) < 4.78 is 0. The zero-order valence-electron chi connectivity index (χ0n) is 14.1. The fourth-order valence-electron chi connectivity index (χ4n) is 2.60. The standard InChI is InChI=1S/C19H22N2O4/c1-13(9-10-19(24)25)21-18(23)12-20-17(22)11-15-7-4-6-14-5-2-3-8-16(14)15/h2-8,13H,9-12H2,1H3,(H,20,22)(H,21,23)(H,24,25). The molecule has 6 heteroatoms. The molecule has 0 spiro atoms. The van der Waals surface area contributed by atoms with Gasteiger partial charge in [0, 0.05) is 12.5 Å². The van der Waals surface area contributed by atoms with E-state index < -0.39 is 5.97 Å². The first-order valence-electron chi connectivity index (χ1n) is 8.20. The van der Waals surface area contributed by atoms with E-state index in [1.54, 1.807) is 6.92 Å². The van der Waals surface area contributed by atoms with Gasteiger partial charge in [0.2, 0.25) is 11.8 Å². The van der Waals surface area contributed by atoms with Crippen LogP contribution >= 0.6 is 0 Å². The summed E-state index contributed by atoms with van der Waals surface area (Å²) in [5, 5.41) is 16.0. The lowest BCUT2D eigenvalue weighted by atomic mass is 10.0. The maximum atomic E-state index is 12.1. The van der Waals surface area contributed by atoms with Crippen LogP contribution in [0.2, 0.25) is 0 Å². The lowest BCUT2D eigenvalue weighted by Gasteiger charge is -2.13. The summed E-state index contributed by atoms with van der Waals surface area (Å²) in [5.74, 6) is -1.46. The Morgan fingerprint density at radius 2 is 1.76 bits per heavy atom. The van der Waals surface area contributed by atoms with Gasteiger partial charge in [0.25, 0.3) is 0 Å². The average molecular weight is 342 g/mol. The number of hydrogen-bond acceptors (Lipinski definition) is 3. The van der Waals surface area contributed by atoms with Gasteiger partial charge >= 0.3 is 5.97 Å². The minimum atomic E-state index is -0.899. The van der Waals surface area contributed by atoms with Crippen molar-refractivity contribution in [2.75, 3.05) is 6.54 Å². The number of carboxylic acids is 1. The summed E-state index contributed by atoms with van der Waals surface area (Å²) >= 11 is 0. The number of fused-ring (bicyclic) bond motifs is 1. The highest BCUT2D eigenvalue weighted by Gasteiger charge is 2.11. The van der Waals surface area contributed by atoms with Gasteiger partial charge in [-0.1, -0.05) is 42.5 Å². The summed E-state index contributed by atoms with van der Waals surface area (Å²) in [4.78, 5) is 34.4. The summed E-state index contributed by atoms with van der Waals surface area (Å²) in [6.07, 6.45) is 0.545. The van der Waals surface area contributed by atoms with Crippen molar-refractivity contribution in [1.29, 1.82) is 0 Å². The van der Waals surface area contributed by atoms with Crippen LogP contribution in [0.25, 0.3) is 10.8 Å². The van der Waals surface area contributed by atoms with Gasteiger partial charge in [0.05, 0.1) is 13.0 Å². The van der Waals surface area contributed by atoms with Gasteiger partial charge in [-0.05, 0) is 29.7 Å². The molecule has 1 unspecified atom stereocenters. The number of carboxylic acid groups (broad SMARTS) is 1. The van der Waals surface area contributed by atoms with Crippen molar-refractivity contribution in [2.45, 2.75) is 32.2 Å². The van der Waals surface area contributed by atoms with Crippen molar-refractivity contribution in [3.8, 4) is 0 Å². The summed E-state index contributed by atoms with van der Waals surface area (Å²) in [6.45, 7) is 1.61. The van der Waals surface area contributed by atoms with Crippen LogP contribution < -0.4 is 10.6 Å². The van der Waals surface area contributed by atoms with Gasteiger partial charge in [0.15, 0.2) is 0 Å². The largest absolute Gasteiger partial charge is 0.481 e. The Balaban J connectivity index is 1.82. The lowest BCUT2D eigenvalue weighted by Crippen LogP contribution is -2.41. The highest BCUT2D eigenvalue weighted by molar-refractivity contribution is 5.91. The highest BCUT2D eigenvalue weighted by atomic mass is 16.4. The molecule has 0 saturated carbocycles. The molecule has 0 aliphatic carbocycles. The molecule has 2 aromatic rings.